The molecule has 1 saturated carbocycles. The maximum Gasteiger partial charge on any atom is 0.255 e. The van der Waals surface area contributed by atoms with Gasteiger partial charge in [-0.05, 0) is 110 Å². The second-order valence-electron chi connectivity index (χ2n) is 16.7. The third kappa shape index (κ3) is 6.55. The summed E-state index contributed by atoms with van der Waals surface area (Å²) < 4.78 is 6.90. The number of phenols is 1. The Hall–Kier alpha value is -4.41. The Morgan fingerprint density at radius 1 is 0.796 bits per heavy atom. The number of carbonyl (C=O) groups is 3. The zero-order valence-corrected chi connectivity index (χ0v) is 31.5. The van der Waals surface area contributed by atoms with Crippen molar-refractivity contribution in [2.24, 2.45) is 5.92 Å². The number of benzene rings is 3. The van der Waals surface area contributed by atoms with Crippen LogP contribution in [0.25, 0.3) is 0 Å². The highest BCUT2D eigenvalue weighted by Gasteiger charge is 2.48. The maximum absolute atomic E-state index is 13.2. The SMILES string of the molecule is CC1OC2(CCCCC2)C(c2ccc(N3CCC(CN4CCN(c5ccc6c(c5)CN([C@H]5CCC(=O)NC5=O)C6=O)CC4)CC3)cc2)c2ccc(O)cc21. The number of ether oxygens (including phenoxy) is 1. The first-order valence-electron chi connectivity index (χ1n) is 20.4. The molecule has 2 unspecified atom stereocenters. The fraction of sp³-hybridized carbons (Fsp3) is 0.523. The van der Waals surface area contributed by atoms with Crippen LogP contribution in [0.1, 0.15) is 109 Å². The third-order valence-corrected chi connectivity index (χ3v) is 13.4. The molecule has 5 heterocycles. The molecule has 4 fully saturated rings. The number of piperidine rings is 2. The first kappa shape index (κ1) is 35.3. The van der Waals surface area contributed by atoms with Crippen LogP contribution >= 0.6 is 0 Å². The second kappa shape index (κ2) is 14.3. The molecule has 9 rings (SSSR count). The Kier molecular flexibility index (Phi) is 9.38. The van der Waals surface area contributed by atoms with Gasteiger partial charge in [-0.15, -0.1) is 0 Å². The number of nitrogens with zero attached hydrogens (tertiary/aromatic N) is 4. The van der Waals surface area contributed by atoms with Gasteiger partial charge in [0.1, 0.15) is 11.8 Å². The van der Waals surface area contributed by atoms with Gasteiger partial charge in [0.05, 0.1) is 11.7 Å². The topological polar surface area (TPSA) is 106 Å². The van der Waals surface area contributed by atoms with Crippen LogP contribution in [0.5, 0.6) is 5.75 Å². The van der Waals surface area contributed by atoms with E-state index in [0.29, 0.717) is 30.2 Å². The van der Waals surface area contributed by atoms with E-state index in [1.54, 1.807) is 4.90 Å². The molecule has 5 aliphatic heterocycles. The van der Waals surface area contributed by atoms with Gasteiger partial charge in [0.2, 0.25) is 11.8 Å². The highest BCUT2D eigenvalue weighted by atomic mass is 16.5. The average molecular weight is 732 g/mol. The molecule has 3 atom stereocenters. The lowest BCUT2D eigenvalue weighted by atomic mass is 9.67. The molecule has 0 radical (unpaired) electrons. The molecular formula is C44H53N5O5. The van der Waals surface area contributed by atoms with E-state index in [-0.39, 0.29) is 41.8 Å². The lowest BCUT2D eigenvalue weighted by Crippen LogP contribution is -2.52. The monoisotopic (exact) mass is 731 g/mol. The van der Waals surface area contributed by atoms with Gasteiger partial charge < -0.3 is 24.5 Å². The molecule has 2 N–H and O–H groups in total. The molecule has 10 nitrogen and oxygen atoms in total. The van der Waals surface area contributed by atoms with Crippen LogP contribution in [0, 0.1) is 5.92 Å². The van der Waals surface area contributed by atoms with Crippen LogP contribution in [0.3, 0.4) is 0 Å². The standard InChI is InChI=1S/C44H53N5O5/c1-29-38-26-35(50)10-12-37(38)41(44(54-29)17-3-2-4-18-44)31-5-7-33(8-6-31)47-19-15-30(16-20-47)27-46-21-23-48(24-22-46)34-9-11-36-32(25-34)28-49(43(36)53)39-13-14-40(51)45-42(39)52/h5-12,25-26,29-30,39,41,50H,2-4,13-24,27-28H2,1H3,(H,45,51,52)/t29?,39-,41?/m0/s1. The molecule has 0 bridgehead atoms. The van der Waals surface area contributed by atoms with Crippen LogP contribution in [0.2, 0.25) is 0 Å². The summed E-state index contributed by atoms with van der Waals surface area (Å²) in [4.78, 5) is 46.5. The summed E-state index contributed by atoms with van der Waals surface area (Å²) in [5.41, 5.74) is 7.62. The van der Waals surface area contributed by atoms with Crippen molar-refractivity contribution in [3.05, 3.63) is 88.5 Å². The molecular weight excluding hydrogens is 679 g/mol. The Balaban J connectivity index is 0.782. The molecule has 10 heteroatoms. The van der Waals surface area contributed by atoms with Gasteiger partial charge in [0.25, 0.3) is 5.91 Å². The lowest BCUT2D eigenvalue weighted by molar-refractivity contribution is -0.137. The number of amides is 3. The summed E-state index contributed by atoms with van der Waals surface area (Å²) in [6.45, 7) is 9.78. The molecule has 3 aromatic rings. The van der Waals surface area contributed by atoms with Gasteiger partial charge in [-0.25, -0.2) is 0 Å². The van der Waals surface area contributed by atoms with Crippen molar-refractivity contribution in [1.82, 2.24) is 15.1 Å². The van der Waals surface area contributed by atoms with Gasteiger partial charge in [0, 0.05) is 81.6 Å². The molecule has 6 aliphatic rings. The molecule has 54 heavy (non-hydrogen) atoms. The summed E-state index contributed by atoms with van der Waals surface area (Å²) >= 11 is 0. The first-order valence-corrected chi connectivity index (χ1v) is 20.4. The minimum Gasteiger partial charge on any atom is -0.508 e. The largest absolute Gasteiger partial charge is 0.508 e. The predicted octanol–water partition coefficient (Wildman–Crippen LogP) is 6.12. The summed E-state index contributed by atoms with van der Waals surface area (Å²) in [7, 11) is 0. The van der Waals surface area contributed by atoms with Gasteiger partial charge in [-0.2, -0.15) is 0 Å². The van der Waals surface area contributed by atoms with Crippen molar-refractivity contribution >= 4 is 29.1 Å². The van der Waals surface area contributed by atoms with Crippen molar-refractivity contribution in [3.63, 3.8) is 0 Å². The van der Waals surface area contributed by atoms with E-state index in [9.17, 15) is 19.5 Å². The molecule has 3 aromatic carbocycles. The van der Waals surface area contributed by atoms with Crippen LogP contribution < -0.4 is 15.1 Å². The number of fused-ring (bicyclic) bond motifs is 2. The third-order valence-electron chi connectivity index (χ3n) is 13.4. The predicted molar refractivity (Wildman–Crippen MR) is 208 cm³/mol. The first-order chi connectivity index (χ1) is 26.2. The fourth-order valence-corrected chi connectivity index (χ4v) is 10.5. The number of aromatic hydroxyl groups is 1. The van der Waals surface area contributed by atoms with Crippen molar-refractivity contribution in [1.29, 1.82) is 0 Å². The maximum atomic E-state index is 13.2. The normalized spacial score (nSPS) is 26.2. The molecule has 1 spiro atoms. The highest BCUT2D eigenvalue weighted by molar-refractivity contribution is 6.05. The van der Waals surface area contributed by atoms with Crippen molar-refractivity contribution in [2.75, 3.05) is 55.6 Å². The van der Waals surface area contributed by atoms with Crippen LogP contribution in [-0.2, 0) is 20.9 Å². The van der Waals surface area contributed by atoms with Crippen molar-refractivity contribution in [3.8, 4) is 5.75 Å². The van der Waals surface area contributed by atoms with Crippen molar-refractivity contribution in [2.45, 2.75) is 94.9 Å². The average Bonchev–Trinajstić information content (AvgIpc) is 3.51. The van der Waals surface area contributed by atoms with E-state index in [1.165, 1.54) is 48.9 Å². The van der Waals surface area contributed by atoms with Crippen LogP contribution in [0.4, 0.5) is 11.4 Å². The molecule has 284 valence electrons. The van der Waals surface area contributed by atoms with E-state index in [2.05, 4.69) is 63.3 Å². The Labute approximate surface area is 318 Å². The highest BCUT2D eigenvalue weighted by Crippen LogP contribution is 2.54. The van der Waals surface area contributed by atoms with Crippen molar-refractivity contribution < 1.29 is 24.2 Å². The van der Waals surface area contributed by atoms with E-state index in [1.807, 2.05) is 24.3 Å². The number of piperazine rings is 1. The van der Waals surface area contributed by atoms with Gasteiger partial charge in [-0.1, -0.05) is 37.5 Å². The lowest BCUT2D eigenvalue weighted by Gasteiger charge is -2.50. The Morgan fingerprint density at radius 3 is 2.26 bits per heavy atom. The van der Waals surface area contributed by atoms with Gasteiger partial charge in [-0.3, -0.25) is 24.6 Å². The Morgan fingerprint density at radius 2 is 1.52 bits per heavy atom. The number of phenolic OH excluding ortho intramolecular Hbond substituents is 1. The summed E-state index contributed by atoms with van der Waals surface area (Å²) in [5.74, 6) is 0.415. The van der Waals surface area contributed by atoms with Crippen LogP contribution in [0.15, 0.2) is 60.7 Å². The minimum absolute atomic E-state index is 0.0229. The number of rotatable bonds is 6. The van der Waals surface area contributed by atoms with E-state index in [0.717, 1.165) is 75.5 Å². The number of anilines is 2. The molecule has 1 aliphatic carbocycles. The molecule has 3 saturated heterocycles. The van der Waals surface area contributed by atoms with Gasteiger partial charge >= 0.3 is 0 Å². The number of nitrogens with one attached hydrogen (secondary N) is 1. The Bertz CT molecular complexity index is 1910. The minimum atomic E-state index is -0.585. The zero-order valence-electron chi connectivity index (χ0n) is 31.5. The van der Waals surface area contributed by atoms with E-state index >= 15 is 0 Å². The number of hydrogen-bond acceptors (Lipinski definition) is 8. The number of carbonyl (C=O) groups excluding carboxylic acids is 3. The van der Waals surface area contributed by atoms with E-state index < -0.39 is 6.04 Å². The second-order valence-corrected chi connectivity index (χ2v) is 16.7. The van der Waals surface area contributed by atoms with Gasteiger partial charge in [0.15, 0.2) is 0 Å². The summed E-state index contributed by atoms with van der Waals surface area (Å²) in [6, 6.07) is 20.7. The summed E-state index contributed by atoms with van der Waals surface area (Å²) in [5, 5.41) is 12.7. The molecule has 0 aromatic heterocycles. The van der Waals surface area contributed by atoms with Crippen LogP contribution in [-0.4, -0.2) is 90.1 Å². The number of hydrogen-bond donors (Lipinski definition) is 2. The number of imide groups is 1. The molecule has 3 amide bonds. The summed E-state index contributed by atoms with van der Waals surface area (Å²) in [6.07, 6.45) is 8.84. The van der Waals surface area contributed by atoms with E-state index in [4.69, 9.17) is 4.74 Å². The quantitative estimate of drug-likeness (QED) is 0.293. The zero-order chi connectivity index (χ0) is 37.0. The fourth-order valence-electron chi connectivity index (χ4n) is 10.5. The smallest absolute Gasteiger partial charge is 0.255 e.